The third-order valence-corrected chi connectivity index (χ3v) is 4.10. The third kappa shape index (κ3) is 1.34. The molecule has 0 aromatic heterocycles. The Morgan fingerprint density at radius 2 is 1.40 bits per heavy atom. The lowest BCUT2D eigenvalue weighted by Crippen LogP contribution is -2.02. The van der Waals surface area contributed by atoms with Gasteiger partial charge in [0.25, 0.3) is 0 Å². The molecule has 0 unspecified atom stereocenters. The fourth-order valence-corrected chi connectivity index (χ4v) is 3.56. The average Bonchev–Trinajstić information content (AvgIpc) is 2.79. The van der Waals surface area contributed by atoms with Gasteiger partial charge in [-0.05, 0) is 72.3 Å². The molecule has 80 valence electrons. The Morgan fingerprint density at radius 1 is 0.867 bits per heavy atom. The summed E-state index contributed by atoms with van der Waals surface area (Å²) in [6.07, 6.45) is 8.13. The second-order valence-corrected chi connectivity index (χ2v) is 5.43. The van der Waals surface area contributed by atoms with Crippen molar-refractivity contribution in [3.05, 3.63) is 33.9 Å². The molecular formula is C15H20. The molecule has 0 saturated heterocycles. The van der Waals surface area contributed by atoms with Gasteiger partial charge in [-0.1, -0.05) is 19.9 Å². The summed E-state index contributed by atoms with van der Waals surface area (Å²) in [4.78, 5) is 0. The van der Waals surface area contributed by atoms with Gasteiger partial charge in [0, 0.05) is 0 Å². The Bertz CT molecular complexity index is 367. The molecule has 0 nitrogen and oxygen atoms in total. The maximum Gasteiger partial charge on any atom is -0.0213 e. The van der Waals surface area contributed by atoms with Crippen LogP contribution in [0.25, 0.3) is 0 Å². The van der Waals surface area contributed by atoms with Gasteiger partial charge in [0.15, 0.2) is 0 Å². The summed E-state index contributed by atoms with van der Waals surface area (Å²) in [6, 6.07) is 2.52. The molecule has 0 saturated carbocycles. The molecule has 0 N–H and O–H groups in total. The highest BCUT2D eigenvalue weighted by Crippen LogP contribution is 2.38. The zero-order chi connectivity index (χ0) is 10.4. The number of hydrogen-bond acceptors (Lipinski definition) is 0. The Labute approximate surface area is 92.7 Å². The molecular weight excluding hydrogens is 180 g/mol. The summed E-state index contributed by atoms with van der Waals surface area (Å²) in [5, 5.41) is 0. The molecule has 2 aliphatic carbocycles. The average molecular weight is 200 g/mol. The van der Waals surface area contributed by atoms with E-state index in [1.54, 1.807) is 27.8 Å². The van der Waals surface area contributed by atoms with Gasteiger partial charge < -0.3 is 0 Å². The van der Waals surface area contributed by atoms with Gasteiger partial charge in [0.2, 0.25) is 0 Å². The predicted molar refractivity (Wildman–Crippen MR) is 64.6 cm³/mol. The minimum Gasteiger partial charge on any atom is -0.0587 e. The molecule has 0 bridgehead atoms. The molecule has 0 amide bonds. The fourth-order valence-electron chi connectivity index (χ4n) is 3.56. The summed E-state index contributed by atoms with van der Waals surface area (Å²) in [7, 11) is 0. The third-order valence-electron chi connectivity index (χ3n) is 4.10. The molecule has 1 aromatic rings. The first-order chi connectivity index (χ1) is 7.27. The van der Waals surface area contributed by atoms with Crippen LogP contribution in [0, 0.1) is 0 Å². The van der Waals surface area contributed by atoms with Crippen molar-refractivity contribution in [2.45, 2.75) is 58.3 Å². The van der Waals surface area contributed by atoms with Gasteiger partial charge >= 0.3 is 0 Å². The molecule has 0 spiro atoms. The first-order valence-electron chi connectivity index (χ1n) is 6.43. The van der Waals surface area contributed by atoms with Gasteiger partial charge in [-0.3, -0.25) is 0 Å². The number of fused-ring (bicyclic) bond motifs is 2. The van der Waals surface area contributed by atoms with Gasteiger partial charge in [-0.25, -0.2) is 0 Å². The van der Waals surface area contributed by atoms with E-state index >= 15 is 0 Å². The molecule has 1 aromatic carbocycles. The highest BCUT2D eigenvalue weighted by Gasteiger charge is 2.24. The lowest BCUT2D eigenvalue weighted by atomic mass is 9.87. The molecule has 0 fully saturated rings. The smallest absolute Gasteiger partial charge is 0.0213 e. The van der Waals surface area contributed by atoms with Crippen molar-refractivity contribution >= 4 is 0 Å². The van der Waals surface area contributed by atoms with Gasteiger partial charge in [-0.15, -0.1) is 0 Å². The van der Waals surface area contributed by atoms with Crippen LogP contribution in [0.5, 0.6) is 0 Å². The Hall–Kier alpha value is -0.780. The van der Waals surface area contributed by atoms with E-state index in [1.165, 1.54) is 38.5 Å². The van der Waals surface area contributed by atoms with Crippen LogP contribution < -0.4 is 0 Å². The van der Waals surface area contributed by atoms with E-state index in [9.17, 15) is 0 Å². The highest BCUT2D eigenvalue weighted by atomic mass is 14.3. The topological polar surface area (TPSA) is 0 Å². The SMILES string of the molecule is CC(C)c1c2c(cc3c1CCC3)CCC2. The van der Waals surface area contributed by atoms with Crippen LogP contribution in [-0.2, 0) is 25.7 Å². The van der Waals surface area contributed by atoms with E-state index in [0.29, 0.717) is 0 Å². The van der Waals surface area contributed by atoms with E-state index < -0.39 is 0 Å². The quantitative estimate of drug-likeness (QED) is 0.647. The summed E-state index contributed by atoms with van der Waals surface area (Å²) in [6.45, 7) is 4.74. The summed E-state index contributed by atoms with van der Waals surface area (Å²) in [5.41, 5.74) is 8.55. The van der Waals surface area contributed by atoms with Gasteiger partial charge in [0.1, 0.15) is 0 Å². The predicted octanol–water partition coefficient (Wildman–Crippen LogP) is 3.79. The van der Waals surface area contributed by atoms with E-state index in [0.717, 1.165) is 5.92 Å². The van der Waals surface area contributed by atoms with Crippen molar-refractivity contribution in [2.24, 2.45) is 0 Å². The van der Waals surface area contributed by atoms with Crippen LogP contribution in [0.3, 0.4) is 0 Å². The van der Waals surface area contributed by atoms with E-state index in [4.69, 9.17) is 0 Å². The van der Waals surface area contributed by atoms with Crippen molar-refractivity contribution in [1.82, 2.24) is 0 Å². The van der Waals surface area contributed by atoms with Crippen molar-refractivity contribution in [2.75, 3.05) is 0 Å². The monoisotopic (exact) mass is 200 g/mol. The minimum atomic E-state index is 0.727. The van der Waals surface area contributed by atoms with Crippen LogP contribution in [0.1, 0.15) is 60.4 Å². The molecule has 15 heavy (non-hydrogen) atoms. The van der Waals surface area contributed by atoms with Crippen LogP contribution in [0.15, 0.2) is 6.07 Å². The molecule has 0 aliphatic heterocycles. The molecule has 0 atom stereocenters. The number of aryl methyl sites for hydroxylation is 2. The Morgan fingerprint density at radius 3 is 1.87 bits per heavy atom. The van der Waals surface area contributed by atoms with Crippen molar-refractivity contribution < 1.29 is 0 Å². The second kappa shape index (κ2) is 3.37. The van der Waals surface area contributed by atoms with E-state index in [1.807, 2.05) is 0 Å². The van der Waals surface area contributed by atoms with Crippen molar-refractivity contribution in [3.63, 3.8) is 0 Å². The number of rotatable bonds is 1. The largest absolute Gasteiger partial charge is 0.0587 e. The van der Waals surface area contributed by atoms with Gasteiger partial charge in [0.05, 0.1) is 0 Å². The van der Waals surface area contributed by atoms with Crippen molar-refractivity contribution in [1.29, 1.82) is 0 Å². The summed E-state index contributed by atoms with van der Waals surface area (Å²) < 4.78 is 0. The standard InChI is InChI=1S/C15H20/c1-10(2)15-13-7-3-5-11(13)9-12-6-4-8-14(12)15/h9-10H,3-8H2,1-2H3. The van der Waals surface area contributed by atoms with Crippen LogP contribution in [-0.4, -0.2) is 0 Å². The molecule has 2 aliphatic rings. The molecule has 0 heteroatoms. The first-order valence-corrected chi connectivity index (χ1v) is 6.43. The minimum absolute atomic E-state index is 0.727. The maximum absolute atomic E-state index is 2.52. The lowest BCUT2D eigenvalue weighted by Gasteiger charge is -2.17. The van der Waals surface area contributed by atoms with Crippen molar-refractivity contribution in [3.8, 4) is 0 Å². The van der Waals surface area contributed by atoms with Crippen LogP contribution >= 0.6 is 0 Å². The summed E-state index contributed by atoms with van der Waals surface area (Å²) in [5.74, 6) is 0.727. The highest BCUT2D eigenvalue weighted by molar-refractivity contribution is 5.51. The Balaban J connectivity index is 2.25. The first kappa shape index (κ1) is 9.45. The maximum atomic E-state index is 2.52. The second-order valence-electron chi connectivity index (χ2n) is 5.43. The van der Waals surface area contributed by atoms with Gasteiger partial charge in [-0.2, -0.15) is 0 Å². The normalized spacial score (nSPS) is 18.3. The van der Waals surface area contributed by atoms with Crippen LogP contribution in [0.2, 0.25) is 0 Å². The zero-order valence-electron chi connectivity index (χ0n) is 9.90. The Kier molecular flexibility index (Phi) is 2.12. The zero-order valence-corrected chi connectivity index (χ0v) is 9.90. The van der Waals surface area contributed by atoms with E-state index in [2.05, 4.69) is 19.9 Å². The molecule has 0 radical (unpaired) electrons. The lowest BCUT2D eigenvalue weighted by molar-refractivity contribution is 0.816. The van der Waals surface area contributed by atoms with Crippen LogP contribution in [0.4, 0.5) is 0 Å². The fraction of sp³-hybridized carbons (Fsp3) is 0.600. The van der Waals surface area contributed by atoms with E-state index in [-0.39, 0.29) is 0 Å². The molecule has 0 heterocycles. The molecule has 3 rings (SSSR count). The number of benzene rings is 1. The summed E-state index contributed by atoms with van der Waals surface area (Å²) >= 11 is 0. The number of hydrogen-bond donors (Lipinski definition) is 0.